The van der Waals surface area contributed by atoms with E-state index in [9.17, 15) is 15.3 Å². The minimum atomic E-state index is -0.178. The first-order valence-corrected chi connectivity index (χ1v) is 18.0. The van der Waals surface area contributed by atoms with E-state index < -0.39 is 0 Å². The van der Waals surface area contributed by atoms with E-state index in [-0.39, 0.29) is 35.4 Å². The molecule has 4 aromatic rings. The first kappa shape index (κ1) is 34.2. The van der Waals surface area contributed by atoms with E-state index in [0.717, 1.165) is 36.0 Å². The molecule has 0 amide bonds. The van der Waals surface area contributed by atoms with Gasteiger partial charge in [0.2, 0.25) is 0 Å². The number of aliphatic imine (C=N–C) groups is 3. The zero-order valence-electron chi connectivity index (χ0n) is 29.4. The van der Waals surface area contributed by atoms with E-state index in [2.05, 4.69) is 20.8 Å². The van der Waals surface area contributed by atoms with Crippen LogP contribution in [0.3, 0.4) is 0 Å². The van der Waals surface area contributed by atoms with Crippen molar-refractivity contribution in [3.8, 4) is 17.2 Å². The highest BCUT2D eigenvalue weighted by Crippen LogP contribution is 2.36. The Bertz CT molecular complexity index is 1770. The summed E-state index contributed by atoms with van der Waals surface area (Å²) in [5, 5.41) is 30.3. The molecule has 3 N–H and O–H groups in total. The van der Waals surface area contributed by atoms with Gasteiger partial charge in [0, 0.05) is 19.3 Å². The lowest BCUT2D eigenvalue weighted by Gasteiger charge is -2.26. The van der Waals surface area contributed by atoms with E-state index in [1.807, 2.05) is 36.4 Å². The van der Waals surface area contributed by atoms with Gasteiger partial charge in [0.25, 0.3) is 0 Å². The zero-order valence-corrected chi connectivity index (χ0v) is 29.4. The average Bonchev–Trinajstić information content (AvgIpc) is 3.91. The van der Waals surface area contributed by atoms with E-state index in [0.29, 0.717) is 56.8 Å². The lowest BCUT2D eigenvalue weighted by atomic mass is 9.80. The molecule has 0 radical (unpaired) electrons. The van der Waals surface area contributed by atoms with Crippen LogP contribution in [0.25, 0.3) is 0 Å². The summed E-state index contributed by atoms with van der Waals surface area (Å²) >= 11 is 0. The van der Waals surface area contributed by atoms with Crippen molar-refractivity contribution in [2.45, 2.75) is 77.4 Å². The fraction of sp³-hybridized carbons (Fsp3) is 0.357. The molecule has 51 heavy (non-hydrogen) atoms. The SMILES string of the molecule is CCc1c(CC2=N[C@@H](c3cccc(O)c3)CO2)c(CC)c(CC2=N[C@@H](c3cccc(O)c3)CO2)c(CC)c1CC1=N[C@@H](c2cccc(O)c2)CO1. The second-order valence-corrected chi connectivity index (χ2v) is 13.3. The third kappa shape index (κ3) is 7.29. The van der Waals surface area contributed by atoms with Gasteiger partial charge in [-0.25, -0.2) is 15.0 Å². The highest BCUT2D eigenvalue weighted by Gasteiger charge is 2.30. The number of phenols is 3. The summed E-state index contributed by atoms with van der Waals surface area (Å²) in [6, 6.07) is 21.1. The summed E-state index contributed by atoms with van der Waals surface area (Å²) in [4.78, 5) is 15.0. The molecule has 264 valence electrons. The molecular formula is C42H45N3O6. The maximum atomic E-state index is 10.1. The van der Waals surface area contributed by atoms with Crippen LogP contribution in [0, 0.1) is 0 Å². The van der Waals surface area contributed by atoms with Crippen molar-refractivity contribution in [2.75, 3.05) is 19.8 Å². The van der Waals surface area contributed by atoms with E-state index in [1.165, 1.54) is 33.4 Å². The second kappa shape index (κ2) is 14.9. The molecule has 0 saturated carbocycles. The minimum Gasteiger partial charge on any atom is -0.508 e. The Balaban J connectivity index is 1.29. The molecule has 9 heteroatoms. The standard InChI is InChI=1S/C42H45N3O6/c1-4-31-34(19-40-43-37(22-49-40)25-10-7-13-28(46)16-25)32(5-2)36(21-42-45-39(24-51-42)27-12-9-15-30(48)18-27)33(6-3)35(31)20-41-44-38(23-50-41)26-11-8-14-29(47)17-26/h7-18,37-39,46-48H,4-6,19-24H2,1-3H3/t37-,38-,39-/m1/s1. The van der Waals surface area contributed by atoms with Gasteiger partial charge in [-0.05, 0) is 106 Å². The molecule has 4 aromatic carbocycles. The fourth-order valence-corrected chi connectivity index (χ4v) is 7.74. The number of ether oxygens (including phenoxy) is 3. The van der Waals surface area contributed by atoms with Gasteiger partial charge < -0.3 is 29.5 Å². The Hall–Kier alpha value is -5.31. The van der Waals surface area contributed by atoms with Crippen LogP contribution >= 0.6 is 0 Å². The monoisotopic (exact) mass is 687 g/mol. The van der Waals surface area contributed by atoms with E-state index in [4.69, 9.17) is 29.2 Å². The van der Waals surface area contributed by atoms with Crippen LogP contribution in [0.5, 0.6) is 17.2 Å². The third-order valence-electron chi connectivity index (χ3n) is 10.1. The average molecular weight is 688 g/mol. The number of benzene rings is 4. The molecule has 3 aliphatic heterocycles. The molecule has 0 spiro atoms. The summed E-state index contributed by atoms with van der Waals surface area (Å²) in [7, 11) is 0. The zero-order chi connectivity index (χ0) is 35.5. The van der Waals surface area contributed by atoms with Crippen molar-refractivity contribution < 1.29 is 29.5 Å². The molecule has 0 fully saturated rings. The van der Waals surface area contributed by atoms with Gasteiger partial charge in [-0.2, -0.15) is 0 Å². The lowest BCUT2D eigenvalue weighted by molar-refractivity contribution is 0.313. The number of phenolic OH excluding ortho intramolecular Hbond substituents is 3. The minimum absolute atomic E-state index is 0.178. The second-order valence-electron chi connectivity index (χ2n) is 13.3. The summed E-state index contributed by atoms with van der Waals surface area (Å²) < 4.78 is 18.7. The molecule has 0 unspecified atom stereocenters. The molecule has 0 bridgehead atoms. The Morgan fingerprint density at radius 2 is 0.765 bits per heavy atom. The summed E-state index contributed by atoms with van der Waals surface area (Å²) in [5.41, 5.74) is 10.2. The van der Waals surface area contributed by atoms with Crippen LogP contribution in [0.1, 0.15) is 89.0 Å². The molecule has 3 aliphatic rings. The van der Waals surface area contributed by atoms with Crippen LogP contribution in [0.4, 0.5) is 0 Å². The molecule has 3 atom stereocenters. The van der Waals surface area contributed by atoms with Crippen molar-refractivity contribution >= 4 is 17.7 Å². The number of hydrogen-bond donors (Lipinski definition) is 3. The summed E-state index contributed by atoms with van der Waals surface area (Å²) in [5.74, 6) is 2.71. The Labute approximate surface area is 299 Å². The summed E-state index contributed by atoms with van der Waals surface area (Å²) in [6.45, 7) is 7.88. The van der Waals surface area contributed by atoms with Crippen molar-refractivity contribution in [3.63, 3.8) is 0 Å². The molecule has 9 nitrogen and oxygen atoms in total. The van der Waals surface area contributed by atoms with Crippen molar-refractivity contribution in [1.82, 2.24) is 0 Å². The number of hydrogen-bond acceptors (Lipinski definition) is 9. The third-order valence-corrected chi connectivity index (χ3v) is 10.1. The topological polar surface area (TPSA) is 125 Å². The van der Waals surface area contributed by atoms with E-state index >= 15 is 0 Å². The molecule has 0 aliphatic carbocycles. The Morgan fingerprint density at radius 1 is 0.471 bits per heavy atom. The van der Waals surface area contributed by atoms with Crippen LogP contribution in [0.15, 0.2) is 87.8 Å². The fourth-order valence-electron chi connectivity index (χ4n) is 7.74. The van der Waals surface area contributed by atoms with Crippen LogP contribution in [-0.4, -0.2) is 52.8 Å². The normalized spacial score (nSPS) is 19.6. The predicted molar refractivity (Wildman–Crippen MR) is 198 cm³/mol. The molecule has 0 aromatic heterocycles. The van der Waals surface area contributed by atoms with Crippen molar-refractivity contribution in [1.29, 1.82) is 0 Å². The van der Waals surface area contributed by atoms with Gasteiger partial charge >= 0.3 is 0 Å². The van der Waals surface area contributed by atoms with Gasteiger partial charge in [-0.15, -0.1) is 0 Å². The lowest BCUT2D eigenvalue weighted by Crippen LogP contribution is -2.20. The molecular weight excluding hydrogens is 642 g/mol. The van der Waals surface area contributed by atoms with Gasteiger partial charge in [0.15, 0.2) is 17.7 Å². The quantitative estimate of drug-likeness (QED) is 0.141. The first-order chi connectivity index (χ1) is 24.8. The predicted octanol–water partition coefficient (Wildman–Crippen LogP) is 7.63. The number of aromatic hydroxyl groups is 3. The maximum absolute atomic E-state index is 10.1. The molecule has 3 heterocycles. The largest absolute Gasteiger partial charge is 0.508 e. The number of rotatable bonds is 12. The highest BCUT2D eigenvalue weighted by molar-refractivity contribution is 5.86. The highest BCUT2D eigenvalue weighted by atomic mass is 16.5. The molecule has 0 saturated heterocycles. The van der Waals surface area contributed by atoms with Crippen molar-refractivity contribution in [2.24, 2.45) is 15.0 Å². The van der Waals surface area contributed by atoms with Crippen molar-refractivity contribution in [3.05, 3.63) is 123 Å². The van der Waals surface area contributed by atoms with Gasteiger partial charge in [-0.3, -0.25) is 0 Å². The van der Waals surface area contributed by atoms with Crippen LogP contribution in [-0.2, 0) is 52.7 Å². The van der Waals surface area contributed by atoms with Crippen LogP contribution in [0.2, 0.25) is 0 Å². The summed E-state index contributed by atoms with van der Waals surface area (Å²) in [6.07, 6.45) is 4.08. The van der Waals surface area contributed by atoms with Gasteiger partial charge in [0.1, 0.15) is 55.2 Å². The first-order valence-electron chi connectivity index (χ1n) is 18.0. The smallest absolute Gasteiger partial charge is 0.188 e. The maximum Gasteiger partial charge on any atom is 0.188 e. The Morgan fingerprint density at radius 3 is 1.02 bits per heavy atom. The number of nitrogens with zero attached hydrogens (tertiary/aromatic N) is 3. The van der Waals surface area contributed by atoms with Gasteiger partial charge in [0.05, 0.1) is 0 Å². The van der Waals surface area contributed by atoms with Gasteiger partial charge in [-0.1, -0.05) is 57.2 Å². The van der Waals surface area contributed by atoms with Crippen LogP contribution < -0.4 is 0 Å². The molecule has 7 rings (SSSR count). The van der Waals surface area contributed by atoms with E-state index in [1.54, 1.807) is 36.4 Å². The Kier molecular flexibility index (Phi) is 9.97.